The minimum atomic E-state index is -1.39. The molecule has 9 nitrogen and oxygen atoms in total. The van der Waals surface area contributed by atoms with E-state index in [0.717, 1.165) is 109 Å². The number of carbonyl (C=O) groups is 4. The molecule has 0 aliphatic heterocycles. The summed E-state index contributed by atoms with van der Waals surface area (Å²) in [6, 6.07) is -1.39. The fraction of sp³-hybridized carbons (Fsp3) is 0.692. The molecule has 0 saturated heterocycles. The third kappa shape index (κ3) is 42.8. The SMILES string of the molecule is CC/C=C\C/C=C\C/C=C\C/C=C\CCCCC(CCCCCCCC(=O)NCC(=O)NC(CO)C(=O)O)OC(=O)CCCCCCCCC/C=C\C/C=C\CCCCCC. The highest BCUT2D eigenvalue weighted by Gasteiger charge is 2.19. The zero-order valence-electron chi connectivity index (χ0n) is 38.6. The average molecular weight is 853 g/mol. The number of aliphatic hydroxyl groups is 1. The summed E-state index contributed by atoms with van der Waals surface area (Å²) in [5.74, 6) is -2.34. The van der Waals surface area contributed by atoms with Gasteiger partial charge in [0.05, 0.1) is 13.2 Å². The van der Waals surface area contributed by atoms with E-state index in [0.29, 0.717) is 12.8 Å². The zero-order valence-corrected chi connectivity index (χ0v) is 38.6. The molecule has 0 aromatic heterocycles. The number of unbranched alkanes of at least 4 members (excludes halogenated alkanes) is 17. The standard InChI is InChI=1S/C52H88N2O7/c1-3-5-7-9-11-13-15-17-19-20-21-23-25-27-29-31-36-40-44-51(58)61-47(41-37-33-30-28-26-24-22-18-16-14-12-10-8-6-4-2)42-38-34-32-35-39-43-49(56)53-45-50(57)54-48(46-55)52(59)60/h6,8,12-15,18-20,22,26,28,47-48,55H,3-5,7,9-11,16-17,21,23-25,27,29-46H2,1-2H3,(H,53,56)(H,54,57)(H,59,60)/b8-6-,14-12-,15-13-,20-19-,22-18-,28-26-. The van der Waals surface area contributed by atoms with E-state index in [1.165, 1.54) is 64.2 Å². The first-order chi connectivity index (χ1) is 29.8. The largest absolute Gasteiger partial charge is 0.480 e. The average Bonchev–Trinajstić information content (AvgIpc) is 3.25. The van der Waals surface area contributed by atoms with Gasteiger partial charge < -0.3 is 25.6 Å². The van der Waals surface area contributed by atoms with Crippen LogP contribution in [-0.4, -0.2) is 59.3 Å². The number of hydrogen-bond acceptors (Lipinski definition) is 6. The number of aliphatic carboxylic acids is 1. The number of carboxylic acid groups (broad SMARTS) is 1. The summed E-state index contributed by atoms with van der Waals surface area (Å²) >= 11 is 0. The topological polar surface area (TPSA) is 142 Å². The second-order valence-corrected chi connectivity index (χ2v) is 16.2. The molecule has 61 heavy (non-hydrogen) atoms. The van der Waals surface area contributed by atoms with Crippen LogP contribution in [0.3, 0.4) is 0 Å². The fourth-order valence-electron chi connectivity index (χ4n) is 6.74. The number of aliphatic hydroxyl groups excluding tert-OH is 1. The highest BCUT2D eigenvalue weighted by molar-refractivity contribution is 5.87. The number of carbonyl (C=O) groups excluding carboxylic acids is 3. The number of nitrogens with one attached hydrogen (secondary N) is 2. The van der Waals surface area contributed by atoms with Crippen molar-refractivity contribution in [2.24, 2.45) is 0 Å². The monoisotopic (exact) mass is 853 g/mol. The summed E-state index contributed by atoms with van der Waals surface area (Å²) in [5.41, 5.74) is 0. The molecule has 0 bridgehead atoms. The second kappa shape index (κ2) is 45.8. The molecule has 2 atom stereocenters. The molecule has 0 saturated carbocycles. The number of hydrogen-bond donors (Lipinski definition) is 4. The number of rotatable bonds is 43. The van der Waals surface area contributed by atoms with Gasteiger partial charge in [0.1, 0.15) is 12.1 Å². The molecule has 0 spiro atoms. The van der Waals surface area contributed by atoms with Gasteiger partial charge in [0, 0.05) is 12.8 Å². The predicted molar refractivity (Wildman–Crippen MR) is 254 cm³/mol. The third-order valence-electron chi connectivity index (χ3n) is 10.4. The minimum absolute atomic E-state index is 0.0611. The number of amides is 2. The lowest BCUT2D eigenvalue weighted by atomic mass is 10.0. The molecular weight excluding hydrogens is 765 g/mol. The molecule has 0 aliphatic carbocycles. The molecule has 0 aromatic rings. The quantitative estimate of drug-likeness (QED) is 0.0272. The molecule has 0 heterocycles. The van der Waals surface area contributed by atoms with Crippen LogP contribution in [0.2, 0.25) is 0 Å². The van der Waals surface area contributed by atoms with Crippen LogP contribution < -0.4 is 10.6 Å². The molecule has 2 amide bonds. The van der Waals surface area contributed by atoms with Crippen molar-refractivity contribution in [3.63, 3.8) is 0 Å². The van der Waals surface area contributed by atoms with Crippen molar-refractivity contribution < 1.29 is 34.1 Å². The Hall–Kier alpha value is -3.72. The number of esters is 1. The minimum Gasteiger partial charge on any atom is -0.480 e. The Balaban J connectivity index is 4.42. The lowest BCUT2D eigenvalue weighted by Crippen LogP contribution is -2.47. The fourth-order valence-corrected chi connectivity index (χ4v) is 6.74. The van der Waals surface area contributed by atoms with Gasteiger partial charge in [-0.3, -0.25) is 14.4 Å². The summed E-state index contributed by atoms with van der Waals surface area (Å²) in [7, 11) is 0. The van der Waals surface area contributed by atoms with Crippen LogP contribution in [0.25, 0.3) is 0 Å². The lowest BCUT2D eigenvalue weighted by molar-refractivity contribution is -0.150. The Morgan fingerprint density at radius 1 is 0.508 bits per heavy atom. The Bertz CT molecular complexity index is 1250. The van der Waals surface area contributed by atoms with E-state index in [1.807, 2.05) is 0 Å². The lowest BCUT2D eigenvalue weighted by Gasteiger charge is -2.18. The normalized spacial score (nSPS) is 13.1. The summed E-state index contributed by atoms with van der Waals surface area (Å²) in [4.78, 5) is 47.7. The Labute approximate surface area is 372 Å². The summed E-state index contributed by atoms with van der Waals surface area (Å²) in [5, 5.41) is 22.6. The van der Waals surface area contributed by atoms with E-state index in [2.05, 4.69) is 97.4 Å². The molecule has 4 N–H and O–H groups in total. The van der Waals surface area contributed by atoms with E-state index in [-0.39, 0.29) is 30.9 Å². The van der Waals surface area contributed by atoms with Gasteiger partial charge in [-0.05, 0) is 109 Å². The van der Waals surface area contributed by atoms with Gasteiger partial charge in [-0.2, -0.15) is 0 Å². The van der Waals surface area contributed by atoms with Crippen molar-refractivity contribution in [1.29, 1.82) is 0 Å². The highest BCUT2D eigenvalue weighted by atomic mass is 16.5. The molecular formula is C52H88N2O7. The number of ether oxygens (including phenoxy) is 1. The summed E-state index contributed by atoms with van der Waals surface area (Å²) < 4.78 is 6.03. The van der Waals surface area contributed by atoms with Crippen LogP contribution in [-0.2, 0) is 23.9 Å². The van der Waals surface area contributed by atoms with E-state index in [1.54, 1.807) is 0 Å². The first-order valence-corrected chi connectivity index (χ1v) is 24.3. The van der Waals surface area contributed by atoms with Crippen molar-refractivity contribution in [3.05, 3.63) is 72.9 Å². The zero-order chi connectivity index (χ0) is 44.7. The van der Waals surface area contributed by atoms with E-state index in [4.69, 9.17) is 14.9 Å². The van der Waals surface area contributed by atoms with Crippen LogP contribution in [0.5, 0.6) is 0 Å². The molecule has 9 heteroatoms. The molecule has 2 unspecified atom stereocenters. The van der Waals surface area contributed by atoms with Crippen LogP contribution in [0.4, 0.5) is 0 Å². The predicted octanol–water partition coefficient (Wildman–Crippen LogP) is 12.7. The maximum atomic E-state index is 12.9. The first kappa shape index (κ1) is 57.3. The molecule has 0 rings (SSSR count). The highest BCUT2D eigenvalue weighted by Crippen LogP contribution is 2.18. The van der Waals surface area contributed by atoms with Gasteiger partial charge in [0.2, 0.25) is 11.8 Å². The third-order valence-corrected chi connectivity index (χ3v) is 10.4. The Kier molecular flexibility index (Phi) is 43.0. The van der Waals surface area contributed by atoms with Gasteiger partial charge >= 0.3 is 11.9 Å². The molecule has 348 valence electrons. The smallest absolute Gasteiger partial charge is 0.328 e. The van der Waals surface area contributed by atoms with Gasteiger partial charge in [-0.15, -0.1) is 0 Å². The van der Waals surface area contributed by atoms with Crippen LogP contribution in [0.1, 0.15) is 206 Å². The molecule has 0 aliphatic rings. The second-order valence-electron chi connectivity index (χ2n) is 16.2. The summed E-state index contributed by atoms with van der Waals surface area (Å²) in [6.45, 7) is 3.35. The van der Waals surface area contributed by atoms with E-state index < -0.39 is 24.5 Å². The maximum Gasteiger partial charge on any atom is 0.328 e. The summed E-state index contributed by atoms with van der Waals surface area (Å²) in [6.07, 6.45) is 57.8. The van der Waals surface area contributed by atoms with Crippen molar-refractivity contribution >= 4 is 23.8 Å². The van der Waals surface area contributed by atoms with Crippen molar-refractivity contribution in [3.8, 4) is 0 Å². The first-order valence-electron chi connectivity index (χ1n) is 24.3. The molecule has 0 fully saturated rings. The molecule has 0 radical (unpaired) electrons. The van der Waals surface area contributed by atoms with Crippen LogP contribution in [0.15, 0.2) is 72.9 Å². The van der Waals surface area contributed by atoms with Crippen molar-refractivity contribution in [1.82, 2.24) is 10.6 Å². The Morgan fingerprint density at radius 2 is 0.934 bits per heavy atom. The number of allylic oxidation sites excluding steroid dienone is 12. The van der Waals surface area contributed by atoms with Gasteiger partial charge in [-0.1, -0.05) is 157 Å². The van der Waals surface area contributed by atoms with Crippen molar-refractivity contribution in [2.45, 2.75) is 219 Å². The van der Waals surface area contributed by atoms with Crippen LogP contribution in [0, 0.1) is 0 Å². The number of carboxylic acids is 1. The Morgan fingerprint density at radius 3 is 1.44 bits per heavy atom. The van der Waals surface area contributed by atoms with E-state index in [9.17, 15) is 19.2 Å². The van der Waals surface area contributed by atoms with Crippen molar-refractivity contribution in [2.75, 3.05) is 13.2 Å². The van der Waals surface area contributed by atoms with Crippen LogP contribution >= 0.6 is 0 Å². The van der Waals surface area contributed by atoms with Gasteiger partial charge in [0.15, 0.2) is 0 Å². The maximum absolute atomic E-state index is 12.9. The van der Waals surface area contributed by atoms with Gasteiger partial charge in [0.25, 0.3) is 0 Å². The molecule has 0 aromatic carbocycles. The van der Waals surface area contributed by atoms with E-state index >= 15 is 0 Å². The van der Waals surface area contributed by atoms with Gasteiger partial charge in [-0.25, -0.2) is 4.79 Å².